The lowest BCUT2D eigenvalue weighted by molar-refractivity contribution is -0.139. The number of hydrogen-bond donors (Lipinski definition) is 2. The Labute approximate surface area is 120 Å². The van der Waals surface area contributed by atoms with Crippen LogP contribution in [0.2, 0.25) is 5.02 Å². The van der Waals surface area contributed by atoms with Crippen LogP contribution in [0.25, 0.3) is 0 Å². The van der Waals surface area contributed by atoms with E-state index < -0.39 is 11.7 Å². The van der Waals surface area contributed by atoms with Crippen LogP contribution in [0.3, 0.4) is 0 Å². The van der Waals surface area contributed by atoms with E-state index in [0.717, 1.165) is 6.07 Å². The minimum Gasteiger partial charge on any atom is -0.491 e. The molecular formula is C13H17ClF3NO2. The number of aliphatic hydroxyl groups excluding tert-OH is 1. The maximum absolute atomic E-state index is 12.9. The molecule has 0 saturated carbocycles. The Bertz CT molecular complexity index is 427. The molecule has 0 aliphatic carbocycles. The van der Waals surface area contributed by atoms with Gasteiger partial charge in [-0.05, 0) is 24.6 Å². The van der Waals surface area contributed by atoms with Crippen LogP contribution in [0.15, 0.2) is 18.2 Å². The summed E-state index contributed by atoms with van der Waals surface area (Å²) in [5, 5.41) is 11.7. The topological polar surface area (TPSA) is 41.5 Å². The maximum Gasteiger partial charge on any atom is 0.420 e. The van der Waals surface area contributed by atoms with E-state index in [4.69, 9.17) is 21.4 Å². The lowest BCUT2D eigenvalue weighted by atomic mass is 10.2. The predicted octanol–water partition coefficient (Wildman–Crippen LogP) is 3.10. The van der Waals surface area contributed by atoms with Crippen molar-refractivity contribution in [1.82, 2.24) is 5.32 Å². The first-order valence-corrected chi connectivity index (χ1v) is 6.60. The van der Waals surface area contributed by atoms with Crippen LogP contribution in [0.1, 0.15) is 18.9 Å². The average molecular weight is 312 g/mol. The molecule has 20 heavy (non-hydrogen) atoms. The Morgan fingerprint density at radius 3 is 2.65 bits per heavy atom. The van der Waals surface area contributed by atoms with Crippen molar-refractivity contribution in [3.8, 4) is 5.75 Å². The highest BCUT2D eigenvalue weighted by molar-refractivity contribution is 6.30. The monoisotopic (exact) mass is 311 g/mol. The van der Waals surface area contributed by atoms with Crippen molar-refractivity contribution in [1.29, 1.82) is 0 Å². The van der Waals surface area contributed by atoms with Gasteiger partial charge in [-0.15, -0.1) is 0 Å². The predicted molar refractivity (Wildman–Crippen MR) is 71.1 cm³/mol. The molecule has 0 spiro atoms. The molecule has 0 bridgehead atoms. The van der Waals surface area contributed by atoms with Gasteiger partial charge in [-0.2, -0.15) is 13.2 Å². The number of alkyl halides is 3. The zero-order valence-corrected chi connectivity index (χ0v) is 11.8. The minimum atomic E-state index is -4.51. The van der Waals surface area contributed by atoms with Gasteiger partial charge in [0, 0.05) is 17.6 Å². The van der Waals surface area contributed by atoms with Gasteiger partial charge in [0.2, 0.25) is 0 Å². The summed E-state index contributed by atoms with van der Waals surface area (Å²) in [5.41, 5.74) is -0.887. The summed E-state index contributed by atoms with van der Waals surface area (Å²) in [6.45, 7) is 2.30. The minimum absolute atomic E-state index is 0.00937. The molecule has 0 radical (unpaired) electrons. The smallest absolute Gasteiger partial charge is 0.420 e. The fourth-order valence-corrected chi connectivity index (χ4v) is 1.80. The van der Waals surface area contributed by atoms with Crippen molar-refractivity contribution in [2.45, 2.75) is 25.6 Å². The van der Waals surface area contributed by atoms with E-state index in [1.165, 1.54) is 12.1 Å². The molecule has 0 aliphatic heterocycles. The molecule has 1 aromatic rings. The second kappa shape index (κ2) is 7.71. The van der Waals surface area contributed by atoms with E-state index in [-0.39, 0.29) is 30.0 Å². The molecule has 0 saturated heterocycles. The standard InChI is InChI=1S/C13H17ClF3NO2/c1-2-10(18-5-6-19)8-20-12-4-3-9(14)7-11(12)13(15,16)17/h3-4,7,10,18-19H,2,5-6,8H2,1H3/t10-/m1/s1. The van der Waals surface area contributed by atoms with Crippen LogP contribution in [0.5, 0.6) is 5.75 Å². The van der Waals surface area contributed by atoms with E-state index in [1.54, 1.807) is 0 Å². The Morgan fingerprint density at radius 2 is 2.10 bits per heavy atom. The van der Waals surface area contributed by atoms with E-state index in [9.17, 15) is 13.2 Å². The first-order valence-electron chi connectivity index (χ1n) is 6.22. The maximum atomic E-state index is 12.9. The first kappa shape index (κ1) is 17.1. The van der Waals surface area contributed by atoms with E-state index in [0.29, 0.717) is 13.0 Å². The van der Waals surface area contributed by atoms with Crippen molar-refractivity contribution in [3.63, 3.8) is 0 Å². The molecule has 7 heteroatoms. The SMILES string of the molecule is CC[C@H](COc1ccc(Cl)cc1C(F)(F)F)NCCO. The molecule has 0 fully saturated rings. The molecule has 0 aliphatic rings. The third-order valence-electron chi connectivity index (χ3n) is 2.72. The zero-order chi connectivity index (χ0) is 15.2. The average Bonchev–Trinajstić information content (AvgIpc) is 2.39. The number of ether oxygens (including phenoxy) is 1. The Kier molecular flexibility index (Phi) is 6.58. The second-order valence-corrected chi connectivity index (χ2v) is 4.67. The summed E-state index contributed by atoms with van der Waals surface area (Å²) >= 11 is 5.59. The Balaban J connectivity index is 2.76. The van der Waals surface area contributed by atoms with E-state index in [1.807, 2.05) is 6.92 Å². The molecule has 1 aromatic carbocycles. The van der Waals surface area contributed by atoms with Crippen LogP contribution in [0.4, 0.5) is 13.2 Å². The zero-order valence-electron chi connectivity index (χ0n) is 11.0. The summed E-state index contributed by atoms with van der Waals surface area (Å²) < 4.78 is 43.8. The normalized spacial score (nSPS) is 13.3. The third kappa shape index (κ3) is 5.19. The molecule has 2 N–H and O–H groups in total. The van der Waals surface area contributed by atoms with Gasteiger partial charge in [-0.1, -0.05) is 18.5 Å². The van der Waals surface area contributed by atoms with Crippen molar-refractivity contribution < 1.29 is 23.0 Å². The van der Waals surface area contributed by atoms with Crippen LogP contribution in [-0.4, -0.2) is 30.9 Å². The van der Waals surface area contributed by atoms with Crippen LogP contribution >= 0.6 is 11.6 Å². The lowest BCUT2D eigenvalue weighted by Crippen LogP contribution is -2.36. The van der Waals surface area contributed by atoms with Gasteiger partial charge in [-0.3, -0.25) is 0 Å². The summed E-state index contributed by atoms with van der Waals surface area (Å²) in [5.74, 6) is -0.244. The number of halogens is 4. The molecular weight excluding hydrogens is 295 g/mol. The van der Waals surface area contributed by atoms with Crippen molar-refractivity contribution in [2.24, 2.45) is 0 Å². The number of aliphatic hydroxyl groups is 1. The van der Waals surface area contributed by atoms with Gasteiger partial charge < -0.3 is 15.2 Å². The third-order valence-corrected chi connectivity index (χ3v) is 2.96. The second-order valence-electron chi connectivity index (χ2n) is 4.23. The summed E-state index contributed by atoms with van der Waals surface area (Å²) in [7, 11) is 0. The quantitative estimate of drug-likeness (QED) is 0.813. The first-order chi connectivity index (χ1) is 9.38. The number of rotatable bonds is 7. The largest absolute Gasteiger partial charge is 0.491 e. The van der Waals surface area contributed by atoms with E-state index in [2.05, 4.69) is 5.32 Å². The summed E-state index contributed by atoms with van der Waals surface area (Å²) in [6, 6.07) is 3.29. The van der Waals surface area contributed by atoms with Gasteiger partial charge in [0.25, 0.3) is 0 Å². The summed E-state index contributed by atoms with van der Waals surface area (Å²) in [4.78, 5) is 0. The van der Waals surface area contributed by atoms with E-state index >= 15 is 0 Å². The Hall–Kier alpha value is -0.980. The van der Waals surface area contributed by atoms with Crippen molar-refractivity contribution >= 4 is 11.6 Å². The van der Waals surface area contributed by atoms with Crippen LogP contribution in [-0.2, 0) is 6.18 Å². The summed E-state index contributed by atoms with van der Waals surface area (Å²) in [6.07, 6.45) is -3.84. The molecule has 0 heterocycles. The fourth-order valence-electron chi connectivity index (χ4n) is 1.63. The van der Waals surface area contributed by atoms with Crippen LogP contribution < -0.4 is 10.1 Å². The molecule has 0 unspecified atom stereocenters. The molecule has 0 amide bonds. The molecule has 1 rings (SSSR count). The molecule has 0 aromatic heterocycles. The number of hydrogen-bond acceptors (Lipinski definition) is 3. The Morgan fingerprint density at radius 1 is 1.40 bits per heavy atom. The number of benzene rings is 1. The van der Waals surface area contributed by atoms with Crippen molar-refractivity contribution in [3.05, 3.63) is 28.8 Å². The molecule has 114 valence electrons. The van der Waals surface area contributed by atoms with Gasteiger partial charge in [0.05, 0.1) is 12.2 Å². The molecule has 1 atom stereocenters. The van der Waals surface area contributed by atoms with Crippen molar-refractivity contribution in [2.75, 3.05) is 19.8 Å². The highest BCUT2D eigenvalue weighted by Crippen LogP contribution is 2.37. The van der Waals surface area contributed by atoms with Crippen LogP contribution in [0, 0.1) is 0 Å². The highest BCUT2D eigenvalue weighted by Gasteiger charge is 2.34. The highest BCUT2D eigenvalue weighted by atomic mass is 35.5. The van der Waals surface area contributed by atoms with Gasteiger partial charge in [0.15, 0.2) is 0 Å². The molecule has 3 nitrogen and oxygen atoms in total. The fraction of sp³-hybridized carbons (Fsp3) is 0.538. The number of nitrogens with one attached hydrogen (secondary N) is 1. The lowest BCUT2D eigenvalue weighted by Gasteiger charge is -2.19. The van der Waals surface area contributed by atoms with Gasteiger partial charge in [0.1, 0.15) is 12.4 Å². The van der Waals surface area contributed by atoms with Gasteiger partial charge in [-0.25, -0.2) is 0 Å². The van der Waals surface area contributed by atoms with Gasteiger partial charge >= 0.3 is 6.18 Å².